The van der Waals surface area contributed by atoms with Gasteiger partial charge < -0.3 is 9.52 Å². The summed E-state index contributed by atoms with van der Waals surface area (Å²) in [5.41, 5.74) is 2.27. The normalized spacial score (nSPS) is 12.3. The molecule has 1 heterocycles. The first-order valence-corrected chi connectivity index (χ1v) is 12.4. The van der Waals surface area contributed by atoms with E-state index in [1.807, 2.05) is 23.9 Å². The predicted molar refractivity (Wildman–Crippen MR) is 103 cm³/mol. The lowest BCUT2D eigenvalue weighted by Crippen LogP contribution is -2.43. The van der Waals surface area contributed by atoms with Crippen LogP contribution in [0.5, 0.6) is 5.75 Å². The summed E-state index contributed by atoms with van der Waals surface area (Å²) in [7, 11) is -1.59. The number of phenolic OH excluding ortho intramolecular Hbond substituents is 1. The average Bonchev–Trinajstić information content (AvgIpc) is 3.00. The Morgan fingerprint density at radius 1 is 1.09 bits per heavy atom. The van der Waals surface area contributed by atoms with Crippen LogP contribution in [0.15, 0.2) is 39.8 Å². The second kappa shape index (κ2) is 7.18. The SMILES string of the molecule is CC(C)c1cc(SC[Si](C)(C)c2ccco2)c(C(C)C)cc1O. The number of aromatic hydroxyl groups is 1. The molecule has 126 valence electrons. The molecule has 1 N–H and O–H groups in total. The highest BCUT2D eigenvalue weighted by Crippen LogP contribution is 2.37. The number of hydrogen-bond donors (Lipinski definition) is 1. The quantitative estimate of drug-likeness (QED) is 0.554. The summed E-state index contributed by atoms with van der Waals surface area (Å²) in [4.78, 5) is 1.30. The summed E-state index contributed by atoms with van der Waals surface area (Å²) in [6, 6.07) is 8.23. The molecule has 2 nitrogen and oxygen atoms in total. The molecular weight excluding hydrogens is 320 g/mol. The second-order valence-corrected chi connectivity index (χ2v) is 13.6. The standard InChI is InChI=1S/C19H28O2SSi/c1-13(2)15-11-18(16(14(3)4)10-17(15)20)22-12-23(5,6)19-8-7-9-21-19/h7-11,13-14,20H,12H2,1-6H3. The molecule has 0 aliphatic carbocycles. The summed E-state index contributed by atoms with van der Waals surface area (Å²) >= 11 is 1.91. The lowest BCUT2D eigenvalue weighted by Gasteiger charge is -2.22. The zero-order chi connectivity index (χ0) is 17.2. The summed E-state index contributed by atoms with van der Waals surface area (Å²) < 4.78 is 5.65. The van der Waals surface area contributed by atoms with Crippen LogP contribution >= 0.6 is 11.8 Å². The minimum Gasteiger partial charge on any atom is -0.508 e. The third-order valence-electron chi connectivity index (χ3n) is 4.18. The minimum absolute atomic E-state index is 0.325. The van der Waals surface area contributed by atoms with Crippen molar-refractivity contribution in [2.45, 2.75) is 57.5 Å². The molecule has 0 unspecified atom stereocenters. The monoisotopic (exact) mass is 348 g/mol. The van der Waals surface area contributed by atoms with Gasteiger partial charge in [0.15, 0.2) is 0 Å². The highest BCUT2D eigenvalue weighted by Gasteiger charge is 2.27. The van der Waals surface area contributed by atoms with Crippen molar-refractivity contribution in [2.24, 2.45) is 0 Å². The van der Waals surface area contributed by atoms with Gasteiger partial charge in [-0.2, -0.15) is 0 Å². The lowest BCUT2D eigenvalue weighted by atomic mass is 9.96. The molecule has 0 amide bonds. The second-order valence-electron chi connectivity index (χ2n) is 7.41. The van der Waals surface area contributed by atoms with Crippen molar-refractivity contribution in [3.8, 4) is 5.75 Å². The van der Waals surface area contributed by atoms with E-state index in [9.17, 15) is 5.11 Å². The minimum atomic E-state index is -1.59. The third kappa shape index (κ3) is 4.24. The van der Waals surface area contributed by atoms with Gasteiger partial charge in [0.1, 0.15) is 13.8 Å². The van der Waals surface area contributed by atoms with E-state index in [0.29, 0.717) is 17.6 Å². The number of furan rings is 1. The van der Waals surface area contributed by atoms with Crippen molar-refractivity contribution in [2.75, 3.05) is 5.38 Å². The Balaban J connectivity index is 2.29. The van der Waals surface area contributed by atoms with Crippen LogP contribution in [-0.2, 0) is 0 Å². The highest BCUT2D eigenvalue weighted by molar-refractivity contribution is 8.01. The number of thioether (sulfide) groups is 1. The summed E-state index contributed by atoms with van der Waals surface area (Å²) in [5, 5.41) is 12.5. The Hall–Kier alpha value is -1.13. The van der Waals surface area contributed by atoms with Crippen molar-refractivity contribution in [3.63, 3.8) is 0 Å². The molecule has 2 rings (SSSR count). The van der Waals surface area contributed by atoms with Gasteiger partial charge >= 0.3 is 0 Å². The first kappa shape index (κ1) is 18.2. The van der Waals surface area contributed by atoms with Gasteiger partial charge in [0, 0.05) is 10.3 Å². The van der Waals surface area contributed by atoms with E-state index in [-0.39, 0.29) is 0 Å². The van der Waals surface area contributed by atoms with Gasteiger partial charge in [-0.3, -0.25) is 0 Å². The molecule has 1 aromatic heterocycles. The van der Waals surface area contributed by atoms with Gasteiger partial charge in [-0.15, -0.1) is 11.8 Å². The van der Waals surface area contributed by atoms with Gasteiger partial charge in [-0.05, 0) is 47.2 Å². The Labute approximate surface area is 145 Å². The average molecular weight is 349 g/mol. The molecule has 0 atom stereocenters. The zero-order valence-corrected chi connectivity index (χ0v) is 16.8. The van der Waals surface area contributed by atoms with Crippen LogP contribution in [0.2, 0.25) is 13.1 Å². The van der Waals surface area contributed by atoms with E-state index < -0.39 is 8.07 Å². The smallest absolute Gasteiger partial charge is 0.136 e. The van der Waals surface area contributed by atoms with E-state index in [2.05, 4.69) is 52.9 Å². The Kier molecular flexibility index (Phi) is 5.68. The Morgan fingerprint density at radius 2 is 1.74 bits per heavy atom. The van der Waals surface area contributed by atoms with Gasteiger partial charge in [-0.1, -0.05) is 40.8 Å². The first-order chi connectivity index (χ1) is 10.7. The molecule has 23 heavy (non-hydrogen) atoms. The van der Waals surface area contributed by atoms with Crippen molar-refractivity contribution in [1.82, 2.24) is 0 Å². The van der Waals surface area contributed by atoms with Crippen LogP contribution < -0.4 is 5.38 Å². The third-order valence-corrected chi connectivity index (χ3v) is 9.93. The van der Waals surface area contributed by atoms with Gasteiger partial charge in [-0.25, -0.2) is 0 Å². The van der Waals surface area contributed by atoms with Crippen molar-refractivity contribution in [3.05, 3.63) is 41.7 Å². The fourth-order valence-corrected chi connectivity index (χ4v) is 6.87. The van der Waals surface area contributed by atoms with Crippen LogP contribution in [0.25, 0.3) is 0 Å². The van der Waals surface area contributed by atoms with Crippen molar-refractivity contribution >= 4 is 25.2 Å². The molecule has 0 aliphatic heterocycles. The van der Waals surface area contributed by atoms with Crippen molar-refractivity contribution in [1.29, 1.82) is 0 Å². The summed E-state index contributed by atoms with van der Waals surface area (Å²) in [6.45, 7) is 13.3. The molecule has 0 saturated heterocycles. The van der Waals surface area contributed by atoms with E-state index in [1.54, 1.807) is 6.26 Å². The van der Waals surface area contributed by atoms with Crippen molar-refractivity contribution < 1.29 is 9.52 Å². The van der Waals surface area contributed by atoms with Crippen LogP contribution in [0, 0.1) is 0 Å². The van der Waals surface area contributed by atoms with E-state index in [0.717, 1.165) is 16.3 Å². The van der Waals surface area contributed by atoms with Crippen LogP contribution in [0.3, 0.4) is 0 Å². The molecular formula is C19H28O2SSi. The van der Waals surface area contributed by atoms with E-state index in [1.165, 1.54) is 10.5 Å². The van der Waals surface area contributed by atoms with E-state index >= 15 is 0 Å². The molecule has 0 saturated carbocycles. The molecule has 1 aromatic carbocycles. The fraction of sp³-hybridized carbons (Fsp3) is 0.474. The van der Waals surface area contributed by atoms with Crippen LogP contribution in [0.1, 0.15) is 50.7 Å². The molecule has 0 radical (unpaired) electrons. The van der Waals surface area contributed by atoms with Crippen LogP contribution in [-0.4, -0.2) is 18.6 Å². The summed E-state index contributed by atoms with van der Waals surface area (Å²) in [6.07, 6.45) is 1.77. The number of hydrogen-bond acceptors (Lipinski definition) is 3. The molecule has 0 fully saturated rings. The number of phenols is 1. The maximum absolute atomic E-state index is 10.3. The largest absolute Gasteiger partial charge is 0.508 e. The zero-order valence-electron chi connectivity index (χ0n) is 15.0. The topological polar surface area (TPSA) is 33.4 Å². The van der Waals surface area contributed by atoms with Gasteiger partial charge in [0.2, 0.25) is 0 Å². The maximum atomic E-state index is 10.3. The van der Waals surface area contributed by atoms with E-state index in [4.69, 9.17) is 4.42 Å². The first-order valence-electron chi connectivity index (χ1n) is 8.26. The molecule has 0 bridgehead atoms. The van der Waals surface area contributed by atoms with Gasteiger partial charge in [0.25, 0.3) is 0 Å². The summed E-state index contributed by atoms with van der Waals surface area (Å²) in [5.74, 6) is 1.15. The van der Waals surface area contributed by atoms with Crippen LogP contribution in [0.4, 0.5) is 0 Å². The Morgan fingerprint density at radius 3 is 2.26 bits per heavy atom. The molecule has 0 aliphatic rings. The maximum Gasteiger partial charge on any atom is 0.136 e. The molecule has 2 aromatic rings. The van der Waals surface area contributed by atoms with Gasteiger partial charge in [0.05, 0.1) is 11.6 Å². The molecule has 4 heteroatoms. The predicted octanol–water partition coefficient (Wildman–Crippen LogP) is 5.48. The number of benzene rings is 1. The number of rotatable bonds is 6. The fourth-order valence-electron chi connectivity index (χ4n) is 2.63. The molecule has 0 spiro atoms. The Bertz CT molecular complexity index is 646. The lowest BCUT2D eigenvalue weighted by molar-refractivity contribution is 0.462. The highest BCUT2D eigenvalue weighted by atomic mass is 32.2.